The lowest BCUT2D eigenvalue weighted by molar-refractivity contribution is 0.101. The number of hydrogen-bond donors (Lipinski definition) is 2. The smallest absolute Gasteiger partial charge is 0.264 e. The lowest BCUT2D eigenvalue weighted by Gasteiger charge is -2.11. The Kier molecular flexibility index (Phi) is 5.21. The van der Waals surface area contributed by atoms with E-state index in [1.54, 1.807) is 24.5 Å². The molecule has 2 aromatic carbocycles. The number of benzene rings is 2. The maximum Gasteiger partial charge on any atom is 0.264 e. The van der Waals surface area contributed by atoms with Crippen molar-refractivity contribution < 1.29 is 13.6 Å². The van der Waals surface area contributed by atoms with E-state index in [-0.39, 0.29) is 24.7 Å². The molecule has 0 radical (unpaired) electrons. The molecule has 152 valence electrons. The lowest BCUT2D eigenvalue weighted by Crippen LogP contribution is -2.16. The van der Waals surface area contributed by atoms with Gasteiger partial charge in [-0.05, 0) is 47.5 Å². The predicted octanol–water partition coefficient (Wildman–Crippen LogP) is 2.48. The Morgan fingerprint density at radius 1 is 0.767 bits per heavy atom. The van der Waals surface area contributed by atoms with Crippen molar-refractivity contribution in [2.24, 2.45) is 11.5 Å². The van der Waals surface area contributed by atoms with Gasteiger partial charge >= 0.3 is 0 Å². The fraction of sp³-hybridized carbons (Fsp3) is 0.0952. The van der Waals surface area contributed by atoms with Gasteiger partial charge in [0.2, 0.25) is 0 Å². The highest BCUT2D eigenvalue weighted by Gasteiger charge is 2.22. The van der Waals surface area contributed by atoms with Gasteiger partial charge in [0.1, 0.15) is 11.6 Å². The van der Waals surface area contributed by atoms with Gasteiger partial charge in [0, 0.05) is 37.9 Å². The van der Waals surface area contributed by atoms with E-state index in [1.807, 2.05) is 0 Å². The maximum atomic E-state index is 14.0. The second kappa shape index (κ2) is 7.97. The van der Waals surface area contributed by atoms with Gasteiger partial charge in [-0.1, -0.05) is 0 Å². The largest absolute Gasteiger partial charge is 0.326 e. The highest BCUT2D eigenvalue weighted by Crippen LogP contribution is 2.20. The van der Waals surface area contributed by atoms with Crippen LogP contribution in [-0.2, 0) is 13.1 Å². The molecule has 0 fully saturated rings. The summed E-state index contributed by atoms with van der Waals surface area (Å²) in [6.45, 7) is 0.298. The number of rotatable bonds is 6. The molecule has 0 aliphatic heterocycles. The van der Waals surface area contributed by atoms with Crippen molar-refractivity contribution in [3.05, 3.63) is 95.6 Å². The van der Waals surface area contributed by atoms with E-state index >= 15 is 0 Å². The zero-order valence-electron chi connectivity index (χ0n) is 15.8. The van der Waals surface area contributed by atoms with E-state index < -0.39 is 17.4 Å². The first-order valence-corrected chi connectivity index (χ1v) is 9.11. The molecule has 0 spiro atoms. The molecule has 0 unspecified atom stereocenters. The van der Waals surface area contributed by atoms with E-state index in [4.69, 9.17) is 11.5 Å². The Morgan fingerprint density at radius 2 is 1.20 bits per heavy atom. The first-order chi connectivity index (χ1) is 14.5. The first-order valence-electron chi connectivity index (χ1n) is 9.11. The Morgan fingerprint density at radius 3 is 1.60 bits per heavy atom. The first kappa shape index (κ1) is 19.6. The van der Waals surface area contributed by atoms with E-state index in [9.17, 15) is 13.6 Å². The average molecular weight is 408 g/mol. The highest BCUT2D eigenvalue weighted by atomic mass is 19.1. The molecule has 2 heterocycles. The summed E-state index contributed by atoms with van der Waals surface area (Å²) in [4.78, 5) is 21.5. The second-order valence-electron chi connectivity index (χ2n) is 6.61. The topological polar surface area (TPSA) is 105 Å². The van der Waals surface area contributed by atoms with Crippen molar-refractivity contribution in [3.8, 4) is 11.4 Å². The Balaban J connectivity index is 1.78. The minimum absolute atomic E-state index is 0.0338. The molecule has 4 aromatic rings. The minimum Gasteiger partial charge on any atom is -0.326 e. The standard InChI is InChI=1S/C21H18F2N6O/c22-15-5-13(11-24)7-17(9-15)28-3-1-26-20(28)19(30)21-27-2-4-29(21)18-8-14(12-25)6-16(23)10-18/h1-10H,11-12,24-25H2. The van der Waals surface area contributed by atoms with Crippen molar-refractivity contribution in [2.75, 3.05) is 0 Å². The number of hydrogen-bond acceptors (Lipinski definition) is 5. The number of nitrogens with two attached hydrogens (primary N) is 2. The summed E-state index contributed by atoms with van der Waals surface area (Å²) >= 11 is 0. The van der Waals surface area contributed by atoms with Gasteiger partial charge < -0.3 is 11.5 Å². The van der Waals surface area contributed by atoms with Crippen LogP contribution >= 0.6 is 0 Å². The van der Waals surface area contributed by atoms with Crippen LogP contribution in [-0.4, -0.2) is 24.9 Å². The fourth-order valence-corrected chi connectivity index (χ4v) is 3.24. The van der Waals surface area contributed by atoms with Crippen LogP contribution in [0, 0.1) is 11.6 Å². The maximum absolute atomic E-state index is 14.0. The van der Waals surface area contributed by atoms with Gasteiger partial charge in [-0.2, -0.15) is 0 Å². The van der Waals surface area contributed by atoms with E-state index in [1.165, 1.54) is 45.8 Å². The van der Waals surface area contributed by atoms with Crippen molar-refractivity contribution >= 4 is 5.78 Å². The zero-order valence-corrected chi connectivity index (χ0v) is 15.8. The summed E-state index contributed by atoms with van der Waals surface area (Å²) in [6.07, 6.45) is 5.96. The highest BCUT2D eigenvalue weighted by molar-refractivity contribution is 6.05. The zero-order chi connectivity index (χ0) is 21.3. The Hall–Kier alpha value is -3.69. The van der Waals surface area contributed by atoms with E-state index in [0.717, 1.165) is 0 Å². The SMILES string of the molecule is NCc1cc(F)cc(-n2ccnc2C(=O)c2nccn2-c2cc(F)cc(CN)c2)c1. The van der Waals surface area contributed by atoms with Crippen LogP contribution < -0.4 is 11.5 Å². The summed E-state index contributed by atoms with van der Waals surface area (Å²) in [5.41, 5.74) is 13.2. The number of nitrogens with zero attached hydrogens (tertiary/aromatic N) is 4. The van der Waals surface area contributed by atoms with Crippen LogP contribution in [0.25, 0.3) is 11.4 Å². The van der Waals surface area contributed by atoms with Crippen LogP contribution in [0.3, 0.4) is 0 Å². The molecule has 0 amide bonds. The molecular formula is C21H18F2N6O. The molecule has 0 aliphatic rings. The van der Waals surface area contributed by atoms with E-state index in [0.29, 0.717) is 22.5 Å². The van der Waals surface area contributed by atoms with Crippen molar-refractivity contribution in [2.45, 2.75) is 13.1 Å². The predicted molar refractivity (Wildman–Crippen MR) is 106 cm³/mol. The van der Waals surface area contributed by atoms with Crippen molar-refractivity contribution in [3.63, 3.8) is 0 Å². The number of imidazole rings is 2. The molecule has 9 heteroatoms. The molecule has 0 atom stereocenters. The van der Waals surface area contributed by atoms with Crippen molar-refractivity contribution in [1.29, 1.82) is 0 Å². The van der Waals surface area contributed by atoms with E-state index in [2.05, 4.69) is 9.97 Å². The average Bonchev–Trinajstić information content (AvgIpc) is 3.42. The number of ketones is 1. The normalized spacial score (nSPS) is 11.1. The third-order valence-corrected chi connectivity index (χ3v) is 4.60. The molecule has 4 N–H and O–H groups in total. The summed E-state index contributed by atoms with van der Waals surface area (Å²) < 4.78 is 30.9. The number of carbonyl (C=O) groups is 1. The second-order valence-corrected chi connectivity index (χ2v) is 6.61. The van der Waals surface area contributed by atoms with Crippen LogP contribution in [0.2, 0.25) is 0 Å². The molecule has 0 aliphatic carbocycles. The molecule has 30 heavy (non-hydrogen) atoms. The van der Waals surface area contributed by atoms with Gasteiger partial charge in [0.25, 0.3) is 5.78 Å². The quantitative estimate of drug-likeness (QED) is 0.477. The van der Waals surface area contributed by atoms with Crippen LogP contribution in [0.15, 0.2) is 61.2 Å². The summed E-state index contributed by atoms with van der Waals surface area (Å²) in [7, 11) is 0. The number of carbonyl (C=O) groups excluding carboxylic acids is 1. The van der Waals surface area contributed by atoms with Gasteiger partial charge in [0.15, 0.2) is 11.6 Å². The molecule has 0 saturated heterocycles. The van der Waals surface area contributed by atoms with Gasteiger partial charge in [0.05, 0.1) is 11.4 Å². The summed E-state index contributed by atoms with van der Waals surface area (Å²) in [5, 5.41) is 0. The third kappa shape index (κ3) is 3.63. The summed E-state index contributed by atoms with van der Waals surface area (Å²) in [5.74, 6) is -1.40. The molecule has 0 saturated carbocycles. The molecule has 7 nitrogen and oxygen atoms in total. The van der Waals surface area contributed by atoms with Crippen LogP contribution in [0.5, 0.6) is 0 Å². The number of halogens is 2. The van der Waals surface area contributed by atoms with Crippen LogP contribution in [0.1, 0.15) is 27.6 Å². The fourth-order valence-electron chi connectivity index (χ4n) is 3.24. The Bertz CT molecular complexity index is 1140. The van der Waals surface area contributed by atoms with Gasteiger partial charge in [-0.3, -0.25) is 13.9 Å². The van der Waals surface area contributed by atoms with Gasteiger partial charge in [-0.25, -0.2) is 18.7 Å². The lowest BCUT2D eigenvalue weighted by atomic mass is 10.2. The van der Waals surface area contributed by atoms with Crippen LogP contribution in [0.4, 0.5) is 8.78 Å². The third-order valence-electron chi connectivity index (χ3n) is 4.60. The summed E-state index contributed by atoms with van der Waals surface area (Å²) in [6, 6.07) is 8.57. The monoisotopic (exact) mass is 408 g/mol. The van der Waals surface area contributed by atoms with Gasteiger partial charge in [-0.15, -0.1) is 0 Å². The molecular weight excluding hydrogens is 390 g/mol. The molecule has 2 aromatic heterocycles. The minimum atomic E-state index is -0.512. The number of aromatic nitrogens is 4. The molecule has 4 rings (SSSR count). The molecule has 0 bridgehead atoms. The Labute approximate surface area is 170 Å². The van der Waals surface area contributed by atoms with Crippen molar-refractivity contribution in [1.82, 2.24) is 19.1 Å².